The third kappa shape index (κ3) is 4.32. The number of nitrogens with zero attached hydrogens (tertiary/aromatic N) is 3. The summed E-state index contributed by atoms with van der Waals surface area (Å²) in [5, 5.41) is 3.44. The van der Waals surface area contributed by atoms with Crippen LogP contribution in [0.3, 0.4) is 0 Å². The fourth-order valence-corrected chi connectivity index (χ4v) is 4.95. The van der Waals surface area contributed by atoms with Crippen LogP contribution in [0.2, 0.25) is 0 Å². The molecule has 2 heterocycles. The van der Waals surface area contributed by atoms with Crippen LogP contribution in [0.5, 0.6) is 0 Å². The molecule has 0 radical (unpaired) electrons. The number of hydrogen-bond acceptors (Lipinski definition) is 6. The molecule has 7 nitrogen and oxygen atoms in total. The number of halogens is 2. The maximum absolute atomic E-state index is 15.0. The quantitative estimate of drug-likeness (QED) is 0.495. The third-order valence-corrected chi connectivity index (χ3v) is 6.17. The number of likely N-dealkylation sites (N-methyl/N-ethyl adjacent to an activating group) is 1. The molecule has 0 aromatic heterocycles. The van der Waals surface area contributed by atoms with Gasteiger partial charge in [-0.3, -0.25) is 9.69 Å². The number of amides is 1. The maximum Gasteiger partial charge on any atom is 0.410 e. The molecule has 0 bridgehead atoms. The summed E-state index contributed by atoms with van der Waals surface area (Å²) in [6, 6.07) is -1.72. The van der Waals surface area contributed by atoms with Gasteiger partial charge in [0.25, 0.3) is 5.92 Å². The first kappa shape index (κ1) is 22.9. The number of likely N-dealkylation sites (tertiary alicyclic amines) is 1. The van der Waals surface area contributed by atoms with Crippen molar-refractivity contribution in [1.82, 2.24) is 14.9 Å². The molecule has 3 rings (SSSR count). The van der Waals surface area contributed by atoms with Gasteiger partial charge in [0.05, 0.1) is 18.0 Å². The first-order valence-electron chi connectivity index (χ1n) is 10.4. The van der Waals surface area contributed by atoms with E-state index in [9.17, 15) is 18.4 Å². The van der Waals surface area contributed by atoms with Crippen molar-refractivity contribution in [3.8, 4) is 0 Å². The Kier molecular flexibility index (Phi) is 5.92. The van der Waals surface area contributed by atoms with Gasteiger partial charge in [-0.2, -0.15) is 0 Å². The van der Waals surface area contributed by atoms with Crippen molar-refractivity contribution in [1.29, 1.82) is 0 Å². The second kappa shape index (κ2) is 7.75. The molecule has 0 unspecified atom stereocenters. The molecule has 2 atom stereocenters. The maximum atomic E-state index is 15.0. The number of hydrazine groups is 1. The lowest BCUT2D eigenvalue weighted by Crippen LogP contribution is -2.54. The van der Waals surface area contributed by atoms with E-state index in [-0.39, 0.29) is 18.5 Å². The van der Waals surface area contributed by atoms with Crippen molar-refractivity contribution in [2.75, 3.05) is 33.3 Å². The summed E-state index contributed by atoms with van der Waals surface area (Å²) in [5.41, 5.74) is -1.32. The predicted octanol–water partition coefficient (Wildman–Crippen LogP) is 2.92. The summed E-state index contributed by atoms with van der Waals surface area (Å²) in [6.07, 6.45) is 2.00. The second-order valence-electron chi connectivity index (χ2n) is 10.1. The zero-order valence-electron chi connectivity index (χ0n) is 18.5. The number of fused-ring (bicyclic) bond motifs is 1. The molecular weight excluding hydrogens is 396 g/mol. The van der Waals surface area contributed by atoms with Crippen LogP contribution in [0, 0.1) is 11.3 Å². The van der Waals surface area contributed by atoms with Crippen molar-refractivity contribution in [3.63, 3.8) is 0 Å². The van der Waals surface area contributed by atoms with E-state index in [1.165, 1.54) is 11.0 Å². The van der Waals surface area contributed by atoms with Gasteiger partial charge in [0.1, 0.15) is 18.2 Å². The van der Waals surface area contributed by atoms with Gasteiger partial charge >= 0.3 is 12.1 Å². The van der Waals surface area contributed by atoms with Crippen molar-refractivity contribution in [3.05, 3.63) is 12.7 Å². The molecule has 1 amide bonds. The first-order chi connectivity index (χ1) is 13.8. The lowest BCUT2D eigenvalue weighted by atomic mass is 9.63. The average Bonchev–Trinajstić information content (AvgIpc) is 3.04. The van der Waals surface area contributed by atoms with Crippen LogP contribution in [0.1, 0.15) is 40.5 Å². The van der Waals surface area contributed by atoms with Crippen LogP contribution in [0.15, 0.2) is 12.7 Å². The molecule has 2 saturated heterocycles. The van der Waals surface area contributed by atoms with E-state index in [1.807, 2.05) is 6.92 Å². The number of ether oxygens (including phenoxy) is 2. The van der Waals surface area contributed by atoms with E-state index in [2.05, 4.69) is 6.58 Å². The van der Waals surface area contributed by atoms with Gasteiger partial charge in [-0.15, -0.1) is 0 Å². The van der Waals surface area contributed by atoms with E-state index in [1.54, 1.807) is 37.8 Å². The Balaban J connectivity index is 1.65. The average molecular weight is 430 g/mol. The predicted molar refractivity (Wildman–Crippen MR) is 107 cm³/mol. The van der Waals surface area contributed by atoms with E-state index >= 15 is 0 Å². The smallest absolute Gasteiger partial charge is 0.410 e. The molecule has 1 saturated carbocycles. The summed E-state index contributed by atoms with van der Waals surface area (Å²) < 4.78 is 40.4. The van der Waals surface area contributed by atoms with Crippen LogP contribution < -0.4 is 0 Å². The Labute approximate surface area is 176 Å². The third-order valence-electron chi connectivity index (χ3n) is 6.17. The zero-order valence-corrected chi connectivity index (χ0v) is 18.5. The highest BCUT2D eigenvalue weighted by Crippen LogP contribution is 2.49. The minimum atomic E-state index is -3.04. The minimum Gasteiger partial charge on any atom is -0.461 e. The van der Waals surface area contributed by atoms with Gasteiger partial charge in [0.2, 0.25) is 0 Å². The minimum absolute atomic E-state index is 0.110. The Morgan fingerprint density at radius 1 is 1.27 bits per heavy atom. The molecule has 9 heteroatoms. The molecule has 3 fully saturated rings. The Morgan fingerprint density at radius 2 is 1.90 bits per heavy atom. The SMILES string of the molecule is C=CCOC(=O)C1(C)CC(CN2[C@@H]3[C@H](CN2C)N(C(=O)OC(C)(C)C)CC3(F)F)C1. The largest absolute Gasteiger partial charge is 0.461 e. The van der Waals surface area contributed by atoms with Gasteiger partial charge in [-0.25, -0.2) is 23.6 Å². The standard InChI is InChI=1S/C21H33F2N3O4/c1-7-8-29-17(27)20(5)9-14(10-20)11-26-16-15(12-24(26)6)25(13-21(16,22)23)18(28)30-19(2,3)4/h7,14-16H,1,8-13H2,2-6H3/t14?,15-,16+,20?/m0/s1. The molecule has 2 aliphatic heterocycles. The highest BCUT2D eigenvalue weighted by molar-refractivity contribution is 5.77. The van der Waals surface area contributed by atoms with Gasteiger partial charge in [-0.1, -0.05) is 12.7 Å². The van der Waals surface area contributed by atoms with Crippen LogP contribution in [0.4, 0.5) is 13.6 Å². The van der Waals surface area contributed by atoms with Crippen LogP contribution in [-0.2, 0) is 14.3 Å². The highest BCUT2D eigenvalue weighted by Gasteiger charge is 2.63. The van der Waals surface area contributed by atoms with Crippen LogP contribution in [0.25, 0.3) is 0 Å². The Hall–Kier alpha value is -1.74. The molecule has 0 aromatic carbocycles. The fourth-order valence-electron chi connectivity index (χ4n) is 4.95. The number of alkyl halides is 2. The lowest BCUT2D eigenvalue weighted by Gasteiger charge is -2.46. The van der Waals surface area contributed by atoms with E-state index in [4.69, 9.17) is 9.47 Å². The highest BCUT2D eigenvalue weighted by atomic mass is 19.3. The second-order valence-corrected chi connectivity index (χ2v) is 10.1. The number of hydrogen-bond donors (Lipinski definition) is 0. The van der Waals surface area contributed by atoms with Gasteiger partial charge in [-0.05, 0) is 46.5 Å². The molecule has 1 aliphatic carbocycles. The summed E-state index contributed by atoms with van der Waals surface area (Å²) in [4.78, 5) is 25.9. The van der Waals surface area contributed by atoms with Gasteiger partial charge in [0.15, 0.2) is 0 Å². The summed E-state index contributed by atoms with van der Waals surface area (Å²) in [6.45, 7) is 10.8. The summed E-state index contributed by atoms with van der Waals surface area (Å²) in [5.74, 6) is -3.20. The fraction of sp³-hybridized carbons (Fsp3) is 0.810. The molecule has 0 N–H and O–H groups in total. The molecule has 3 aliphatic rings. The van der Waals surface area contributed by atoms with E-state index in [0.717, 1.165) is 0 Å². The molecule has 0 spiro atoms. The number of carbonyl (C=O) groups is 2. The summed E-state index contributed by atoms with van der Waals surface area (Å²) in [7, 11) is 1.76. The zero-order chi connectivity index (χ0) is 22.5. The van der Waals surface area contributed by atoms with Crippen LogP contribution >= 0.6 is 0 Å². The van der Waals surface area contributed by atoms with Crippen molar-refractivity contribution in [2.45, 2.75) is 64.1 Å². The van der Waals surface area contributed by atoms with Crippen molar-refractivity contribution >= 4 is 12.1 Å². The van der Waals surface area contributed by atoms with Gasteiger partial charge in [0, 0.05) is 20.1 Å². The summed E-state index contributed by atoms with van der Waals surface area (Å²) >= 11 is 0. The molecule has 30 heavy (non-hydrogen) atoms. The normalized spacial score (nSPS) is 33.7. The number of esters is 1. The topological polar surface area (TPSA) is 62.3 Å². The molecule has 170 valence electrons. The van der Waals surface area contributed by atoms with E-state index in [0.29, 0.717) is 25.9 Å². The molecular formula is C21H33F2N3O4. The van der Waals surface area contributed by atoms with Gasteiger partial charge < -0.3 is 9.47 Å². The van der Waals surface area contributed by atoms with Crippen molar-refractivity contribution < 1.29 is 27.8 Å². The van der Waals surface area contributed by atoms with Crippen LogP contribution in [-0.4, -0.2) is 83.9 Å². The van der Waals surface area contributed by atoms with E-state index < -0.39 is 41.7 Å². The number of rotatable bonds is 5. The number of carbonyl (C=O) groups excluding carboxylic acids is 2. The lowest BCUT2D eigenvalue weighted by molar-refractivity contribution is -0.166. The first-order valence-corrected chi connectivity index (χ1v) is 10.4. The molecule has 0 aromatic rings. The van der Waals surface area contributed by atoms with Crippen molar-refractivity contribution in [2.24, 2.45) is 11.3 Å². The monoisotopic (exact) mass is 429 g/mol. The Bertz CT molecular complexity index is 703. The Morgan fingerprint density at radius 3 is 2.47 bits per heavy atom.